The number of ether oxygens (including phenoxy) is 1. The van der Waals surface area contributed by atoms with Gasteiger partial charge in [-0.2, -0.15) is 5.10 Å². The zero-order valence-electron chi connectivity index (χ0n) is 17.7. The second kappa shape index (κ2) is 8.09. The highest BCUT2D eigenvalue weighted by Gasteiger charge is 2.26. The lowest BCUT2D eigenvalue weighted by atomic mass is 10.1. The topological polar surface area (TPSA) is 52.3 Å². The van der Waals surface area contributed by atoms with E-state index in [0.717, 1.165) is 46.4 Å². The highest BCUT2D eigenvalue weighted by atomic mass is 16.5. The van der Waals surface area contributed by atoms with Gasteiger partial charge < -0.3 is 14.2 Å². The Balaban J connectivity index is 2.11. The predicted octanol–water partition coefficient (Wildman–Crippen LogP) is 4.15. The van der Waals surface area contributed by atoms with E-state index in [9.17, 15) is 4.79 Å². The predicted molar refractivity (Wildman–Crippen MR) is 112 cm³/mol. The number of aromatic nitrogens is 3. The Morgan fingerprint density at radius 3 is 2.64 bits per heavy atom. The summed E-state index contributed by atoms with van der Waals surface area (Å²) in [6.07, 6.45) is 4.78. The molecule has 0 aliphatic heterocycles. The molecule has 0 atom stereocenters. The van der Waals surface area contributed by atoms with E-state index < -0.39 is 0 Å². The fourth-order valence-corrected chi connectivity index (χ4v) is 3.75. The van der Waals surface area contributed by atoms with Gasteiger partial charge in [-0.1, -0.05) is 6.92 Å². The summed E-state index contributed by atoms with van der Waals surface area (Å²) in [5, 5.41) is 5.19. The van der Waals surface area contributed by atoms with Gasteiger partial charge >= 0.3 is 0 Å². The maximum absolute atomic E-state index is 13.7. The molecular formula is C22H30N4O2. The van der Waals surface area contributed by atoms with Gasteiger partial charge in [0, 0.05) is 54.5 Å². The van der Waals surface area contributed by atoms with Gasteiger partial charge in [-0.05, 0) is 45.4 Å². The molecule has 0 aliphatic carbocycles. The number of carbonyl (C=O) groups is 1. The molecule has 0 aliphatic rings. The number of benzene rings is 1. The number of methoxy groups -OCH3 is 1. The van der Waals surface area contributed by atoms with Crippen molar-refractivity contribution in [2.75, 3.05) is 7.11 Å². The normalized spacial score (nSPS) is 11.4. The first-order chi connectivity index (χ1) is 13.4. The fourth-order valence-electron chi connectivity index (χ4n) is 3.75. The highest BCUT2D eigenvalue weighted by molar-refractivity contribution is 6.08. The average molecular weight is 383 g/mol. The molecule has 0 spiro atoms. The van der Waals surface area contributed by atoms with Crippen molar-refractivity contribution in [3.05, 3.63) is 47.4 Å². The molecule has 0 unspecified atom stereocenters. The van der Waals surface area contributed by atoms with Crippen LogP contribution >= 0.6 is 0 Å². The smallest absolute Gasteiger partial charge is 0.256 e. The van der Waals surface area contributed by atoms with Crippen molar-refractivity contribution in [3.63, 3.8) is 0 Å². The van der Waals surface area contributed by atoms with Crippen LogP contribution in [0.15, 0.2) is 30.6 Å². The SMILES string of the molecule is CCCn1c(C)c(C(=O)N(Cc2cnn(C)c2)C(C)C)c2cc(OC)ccc21. The summed E-state index contributed by atoms with van der Waals surface area (Å²) >= 11 is 0. The van der Waals surface area contributed by atoms with E-state index in [1.54, 1.807) is 11.8 Å². The summed E-state index contributed by atoms with van der Waals surface area (Å²) in [5.41, 5.74) is 3.87. The Labute approximate surface area is 166 Å². The van der Waals surface area contributed by atoms with Gasteiger partial charge in [0.15, 0.2) is 0 Å². The lowest BCUT2D eigenvalue weighted by Gasteiger charge is -2.26. The van der Waals surface area contributed by atoms with Crippen LogP contribution in [0.25, 0.3) is 10.9 Å². The number of carbonyl (C=O) groups excluding carboxylic acids is 1. The number of hydrogen-bond donors (Lipinski definition) is 0. The first-order valence-electron chi connectivity index (χ1n) is 9.82. The Morgan fingerprint density at radius 1 is 1.32 bits per heavy atom. The van der Waals surface area contributed by atoms with Crippen LogP contribution in [-0.2, 0) is 20.1 Å². The molecule has 0 saturated carbocycles. The number of hydrogen-bond acceptors (Lipinski definition) is 3. The van der Waals surface area contributed by atoms with Crippen molar-refractivity contribution < 1.29 is 9.53 Å². The third kappa shape index (κ3) is 3.63. The van der Waals surface area contributed by atoms with Crippen molar-refractivity contribution in [2.45, 2.75) is 53.2 Å². The molecule has 0 radical (unpaired) electrons. The molecule has 2 heterocycles. The summed E-state index contributed by atoms with van der Waals surface area (Å²) in [6.45, 7) is 9.71. The van der Waals surface area contributed by atoms with E-state index in [0.29, 0.717) is 6.54 Å². The van der Waals surface area contributed by atoms with E-state index in [1.807, 2.05) is 43.4 Å². The maximum atomic E-state index is 13.7. The van der Waals surface area contributed by atoms with Crippen LogP contribution in [0.5, 0.6) is 5.75 Å². The molecule has 2 aromatic heterocycles. The molecule has 0 N–H and O–H groups in total. The highest BCUT2D eigenvalue weighted by Crippen LogP contribution is 2.31. The standard InChI is InChI=1S/C22H30N4O2/c1-7-10-25-16(4)21(19-11-18(28-6)8-9-20(19)25)22(27)26(15(2)3)14-17-12-23-24(5)13-17/h8-9,11-13,15H,7,10,14H2,1-6H3. The van der Waals surface area contributed by atoms with E-state index in [2.05, 4.69) is 36.5 Å². The molecule has 0 fully saturated rings. The molecule has 1 aromatic carbocycles. The van der Waals surface area contributed by atoms with Crippen molar-refractivity contribution >= 4 is 16.8 Å². The molecule has 28 heavy (non-hydrogen) atoms. The number of amides is 1. The number of aryl methyl sites for hydroxylation is 2. The van der Waals surface area contributed by atoms with Crippen LogP contribution in [0.1, 0.15) is 48.8 Å². The van der Waals surface area contributed by atoms with E-state index >= 15 is 0 Å². The van der Waals surface area contributed by atoms with Crippen molar-refractivity contribution in [2.24, 2.45) is 7.05 Å². The van der Waals surface area contributed by atoms with Gasteiger partial charge in [0.05, 0.1) is 18.9 Å². The number of fused-ring (bicyclic) bond motifs is 1. The van der Waals surface area contributed by atoms with E-state index in [4.69, 9.17) is 4.74 Å². The van der Waals surface area contributed by atoms with Gasteiger partial charge in [0.2, 0.25) is 0 Å². The van der Waals surface area contributed by atoms with Crippen molar-refractivity contribution in [1.29, 1.82) is 0 Å². The number of nitrogens with zero attached hydrogens (tertiary/aromatic N) is 4. The second-order valence-corrected chi connectivity index (χ2v) is 7.54. The summed E-state index contributed by atoms with van der Waals surface area (Å²) in [7, 11) is 3.54. The molecule has 6 nitrogen and oxygen atoms in total. The Hall–Kier alpha value is -2.76. The van der Waals surface area contributed by atoms with Crippen LogP contribution in [-0.4, -0.2) is 38.3 Å². The van der Waals surface area contributed by atoms with Gasteiger partial charge in [-0.3, -0.25) is 9.48 Å². The van der Waals surface area contributed by atoms with Gasteiger partial charge in [0.1, 0.15) is 5.75 Å². The first kappa shape index (κ1) is 20.0. The molecule has 3 aromatic rings. The van der Waals surface area contributed by atoms with Gasteiger partial charge in [-0.15, -0.1) is 0 Å². The van der Waals surface area contributed by atoms with Crippen molar-refractivity contribution in [3.8, 4) is 5.75 Å². The van der Waals surface area contributed by atoms with Gasteiger partial charge in [-0.25, -0.2) is 0 Å². The average Bonchev–Trinajstić information content (AvgIpc) is 3.20. The maximum Gasteiger partial charge on any atom is 0.256 e. The van der Waals surface area contributed by atoms with Crippen LogP contribution in [0.3, 0.4) is 0 Å². The lowest BCUT2D eigenvalue weighted by molar-refractivity contribution is 0.0691. The minimum absolute atomic E-state index is 0.0458. The van der Waals surface area contributed by atoms with Crippen LogP contribution in [0.2, 0.25) is 0 Å². The van der Waals surface area contributed by atoms with Crippen molar-refractivity contribution in [1.82, 2.24) is 19.2 Å². The lowest BCUT2D eigenvalue weighted by Crippen LogP contribution is -2.36. The second-order valence-electron chi connectivity index (χ2n) is 7.54. The van der Waals surface area contributed by atoms with Crippen LogP contribution < -0.4 is 4.74 Å². The minimum Gasteiger partial charge on any atom is -0.497 e. The third-order valence-electron chi connectivity index (χ3n) is 5.19. The van der Waals surface area contributed by atoms with Crippen LogP contribution in [0.4, 0.5) is 0 Å². The monoisotopic (exact) mass is 382 g/mol. The Morgan fingerprint density at radius 2 is 2.07 bits per heavy atom. The summed E-state index contributed by atoms with van der Waals surface area (Å²) < 4.78 is 9.43. The van der Waals surface area contributed by atoms with E-state index in [-0.39, 0.29) is 11.9 Å². The molecule has 0 saturated heterocycles. The summed E-state index contributed by atoms with van der Waals surface area (Å²) in [5.74, 6) is 0.808. The molecule has 3 rings (SSSR count). The zero-order chi connectivity index (χ0) is 20.4. The fraction of sp³-hybridized carbons (Fsp3) is 0.455. The largest absolute Gasteiger partial charge is 0.497 e. The number of rotatable bonds is 7. The third-order valence-corrected chi connectivity index (χ3v) is 5.19. The van der Waals surface area contributed by atoms with Crippen LogP contribution in [0, 0.1) is 6.92 Å². The molecular weight excluding hydrogens is 352 g/mol. The van der Waals surface area contributed by atoms with E-state index in [1.165, 1.54) is 0 Å². The van der Waals surface area contributed by atoms with Gasteiger partial charge in [0.25, 0.3) is 5.91 Å². The quantitative estimate of drug-likeness (QED) is 0.617. The Kier molecular flexibility index (Phi) is 5.77. The molecule has 0 bridgehead atoms. The molecule has 150 valence electrons. The molecule has 6 heteroatoms. The zero-order valence-corrected chi connectivity index (χ0v) is 17.7. The molecule has 1 amide bonds. The first-order valence-corrected chi connectivity index (χ1v) is 9.82. The summed E-state index contributed by atoms with van der Waals surface area (Å²) in [4.78, 5) is 15.6. The minimum atomic E-state index is 0.0458. The summed E-state index contributed by atoms with van der Waals surface area (Å²) in [6, 6.07) is 6.05. The Bertz CT molecular complexity index is 984.